The van der Waals surface area contributed by atoms with Crippen LogP contribution in [0.4, 0.5) is 5.82 Å². The van der Waals surface area contributed by atoms with Gasteiger partial charge in [0.1, 0.15) is 11.6 Å². The van der Waals surface area contributed by atoms with Crippen molar-refractivity contribution in [1.82, 2.24) is 9.88 Å². The van der Waals surface area contributed by atoms with Crippen LogP contribution in [0.5, 0.6) is 5.75 Å². The van der Waals surface area contributed by atoms with Crippen LogP contribution < -0.4 is 9.64 Å². The third-order valence-electron chi connectivity index (χ3n) is 3.97. The van der Waals surface area contributed by atoms with Gasteiger partial charge in [0.25, 0.3) is 5.91 Å². The molecule has 1 aliphatic heterocycles. The molecule has 1 aromatic carbocycles. The van der Waals surface area contributed by atoms with Crippen LogP contribution in [0.15, 0.2) is 54.7 Å². The molecule has 1 saturated heterocycles. The number of amides is 1. The van der Waals surface area contributed by atoms with Gasteiger partial charge in [-0.05, 0) is 31.2 Å². The molecule has 2 aromatic rings. The van der Waals surface area contributed by atoms with Crippen molar-refractivity contribution in [2.45, 2.75) is 13.0 Å². The molecule has 2 heterocycles. The number of carbonyl (C=O) groups is 1. The topological polar surface area (TPSA) is 45.7 Å². The second-order valence-electron chi connectivity index (χ2n) is 5.57. The van der Waals surface area contributed by atoms with Gasteiger partial charge in [-0.25, -0.2) is 4.98 Å². The minimum absolute atomic E-state index is 0.0366. The molecule has 0 N–H and O–H groups in total. The van der Waals surface area contributed by atoms with Crippen LogP contribution in [-0.4, -0.2) is 48.1 Å². The van der Waals surface area contributed by atoms with E-state index in [0.717, 1.165) is 24.7 Å². The van der Waals surface area contributed by atoms with Gasteiger partial charge >= 0.3 is 0 Å². The highest BCUT2D eigenvalue weighted by molar-refractivity contribution is 5.81. The molecule has 0 bridgehead atoms. The lowest BCUT2D eigenvalue weighted by Gasteiger charge is -2.36. The molecule has 0 spiro atoms. The number of nitrogens with zero attached hydrogens (tertiary/aromatic N) is 3. The lowest BCUT2D eigenvalue weighted by Crippen LogP contribution is -2.52. The Labute approximate surface area is 136 Å². The number of rotatable bonds is 4. The van der Waals surface area contributed by atoms with Gasteiger partial charge in [0.15, 0.2) is 6.10 Å². The summed E-state index contributed by atoms with van der Waals surface area (Å²) in [6, 6.07) is 15.3. The van der Waals surface area contributed by atoms with Crippen LogP contribution in [0, 0.1) is 0 Å². The van der Waals surface area contributed by atoms with E-state index >= 15 is 0 Å². The van der Waals surface area contributed by atoms with Crippen LogP contribution >= 0.6 is 0 Å². The molecule has 1 aromatic heterocycles. The van der Waals surface area contributed by atoms with Gasteiger partial charge in [-0.15, -0.1) is 0 Å². The van der Waals surface area contributed by atoms with E-state index < -0.39 is 6.10 Å². The van der Waals surface area contributed by atoms with Crippen LogP contribution in [0.1, 0.15) is 6.92 Å². The third kappa shape index (κ3) is 3.80. The molecule has 3 rings (SSSR count). The van der Waals surface area contributed by atoms with Crippen LogP contribution in [0.2, 0.25) is 0 Å². The molecule has 0 aliphatic carbocycles. The molecule has 1 amide bonds. The fraction of sp³-hybridized carbons (Fsp3) is 0.333. The van der Waals surface area contributed by atoms with Crippen molar-refractivity contribution < 1.29 is 9.53 Å². The molecule has 0 radical (unpaired) electrons. The normalized spacial score (nSPS) is 16.0. The Kier molecular flexibility index (Phi) is 4.76. The monoisotopic (exact) mass is 311 g/mol. The maximum Gasteiger partial charge on any atom is 0.263 e. The standard InChI is InChI=1S/C18H21N3O2/c1-15(23-16-7-3-2-4-8-16)18(22)21-13-11-20(12-14-21)17-9-5-6-10-19-17/h2-10,15H,11-14H2,1H3/t15-/m0/s1. The number of benzene rings is 1. The van der Waals surface area contributed by atoms with E-state index in [4.69, 9.17) is 4.74 Å². The first kappa shape index (κ1) is 15.3. The van der Waals surface area contributed by atoms with Crippen molar-refractivity contribution in [2.24, 2.45) is 0 Å². The number of para-hydroxylation sites is 1. The summed E-state index contributed by atoms with van der Waals surface area (Å²) in [7, 11) is 0. The van der Waals surface area contributed by atoms with Crippen molar-refractivity contribution in [3.05, 3.63) is 54.7 Å². The molecular weight excluding hydrogens is 290 g/mol. The number of piperazine rings is 1. The fourth-order valence-electron chi connectivity index (χ4n) is 2.71. The highest BCUT2D eigenvalue weighted by Gasteiger charge is 2.26. The summed E-state index contributed by atoms with van der Waals surface area (Å²) >= 11 is 0. The summed E-state index contributed by atoms with van der Waals surface area (Å²) in [6.45, 7) is 4.78. The molecule has 5 heteroatoms. The van der Waals surface area contributed by atoms with Crippen molar-refractivity contribution in [3.63, 3.8) is 0 Å². The molecular formula is C18H21N3O2. The summed E-state index contributed by atoms with van der Waals surface area (Å²) in [5.74, 6) is 1.73. The first-order chi connectivity index (χ1) is 11.2. The highest BCUT2D eigenvalue weighted by Crippen LogP contribution is 2.15. The summed E-state index contributed by atoms with van der Waals surface area (Å²) < 4.78 is 5.72. The maximum absolute atomic E-state index is 12.5. The van der Waals surface area contributed by atoms with Crippen molar-refractivity contribution in [2.75, 3.05) is 31.1 Å². The number of hydrogen-bond donors (Lipinski definition) is 0. The number of pyridine rings is 1. The first-order valence-corrected chi connectivity index (χ1v) is 7.90. The van der Waals surface area contributed by atoms with Gasteiger partial charge in [0.2, 0.25) is 0 Å². The Morgan fingerprint density at radius 1 is 1.04 bits per heavy atom. The predicted molar refractivity (Wildman–Crippen MR) is 89.6 cm³/mol. The maximum atomic E-state index is 12.5. The number of ether oxygens (including phenoxy) is 1. The zero-order valence-electron chi connectivity index (χ0n) is 13.3. The average Bonchev–Trinajstić information content (AvgIpc) is 2.63. The van der Waals surface area contributed by atoms with Gasteiger partial charge in [0.05, 0.1) is 0 Å². The minimum Gasteiger partial charge on any atom is -0.481 e. The Balaban J connectivity index is 1.54. The summed E-state index contributed by atoms with van der Waals surface area (Å²) in [5.41, 5.74) is 0. The fourth-order valence-corrected chi connectivity index (χ4v) is 2.71. The van der Waals surface area contributed by atoms with Gasteiger partial charge in [-0.2, -0.15) is 0 Å². The van der Waals surface area contributed by atoms with Gasteiger partial charge in [-0.1, -0.05) is 24.3 Å². The Morgan fingerprint density at radius 3 is 2.39 bits per heavy atom. The second-order valence-corrected chi connectivity index (χ2v) is 5.57. The number of carbonyl (C=O) groups excluding carboxylic acids is 1. The quantitative estimate of drug-likeness (QED) is 0.868. The largest absolute Gasteiger partial charge is 0.481 e. The molecule has 1 aliphatic rings. The molecule has 0 unspecified atom stereocenters. The van der Waals surface area contributed by atoms with E-state index in [-0.39, 0.29) is 5.91 Å². The van der Waals surface area contributed by atoms with Gasteiger partial charge < -0.3 is 14.5 Å². The molecule has 1 fully saturated rings. The Morgan fingerprint density at radius 2 is 1.74 bits per heavy atom. The minimum atomic E-state index is -0.473. The highest BCUT2D eigenvalue weighted by atomic mass is 16.5. The van der Waals surface area contributed by atoms with E-state index in [1.54, 1.807) is 13.1 Å². The third-order valence-corrected chi connectivity index (χ3v) is 3.97. The van der Waals surface area contributed by atoms with E-state index in [1.807, 2.05) is 53.4 Å². The SMILES string of the molecule is C[C@H](Oc1ccccc1)C(=O)N1CCN(c2ccccn2)CC1. The van der Waals surface area contributed by atoms with Crippen molar-refractivity contribution in [3.8, 4) is 5.75 Å². The van der Waals surface area contributed by atoms with Crippen molar-refractivity contribution >= 4 is 11.7 Å². The summed E-state index contributed by atoms with van der Waals surface area (Å²) in [5, 5.41) is 0. The molecule has 1 atom stereocenters. The Bertz CT molecular complexity index is 625. The number of aromatic nitrogens is 1. The van der Waals surface area contributed by atoms with E-state index in [1.165, 1.54) is 0 Å². The van der Waals surface area contributed by atoms with Crippen molar-refractivity contribution in [1.29, 1.82) is 0 Å². The number of anilines is 1. The summed E-state index contributed by atoms with van der Waals surface area (Å²) in [4.78, 5) is 20.9. The van der Waals surface area contributed by atoms with E-state index in [9.17, 15) is 4.79 Å². The van der Waals surface area contributed by atoms with E-state index in [2.05, 4.69) is 9.88 Å². The number of hydrogen-bond acceptors (Lipinski definition) is 4. The average molecular weight is 311 g/mol. The first-order valence-electron chi connectivity index (χ1n) is 7.90. The second kappa shape index (κ2) is 7.13. The lowest BCUT2D eigenvalue weighted by atomic mass is 10.2. The smallest absolute Gasteiger partial charge is 0.263 e. The zero-order valence-corrected chi connectivity index (χ0v) is 13.3. The van der Waals surface area contributed by atoms with E-state index in [0.29, 0.717) is 13.1 Å². The molecule has 0 saturated carbocycles. The molecule has 5 nitrogen and oxygen atoms in total. The van der Waals surface area contributed by atoms with Crippen LogP contribution in [0.25, 0.3) is 0 Å². The zero-order chi connectivity index (χ0) is 16.1. The summed E-state index contributed by atoms with van der Waals surface area (Å²) in [6.07, 6.45) is 1.32. The molecule has 120 valence electrons. The predicted octanol–water partition coefficient (Wildman–Crippen LogP) is 2.20. The van der Waals surface area contributed by atoms with Gasteiger partial charge in [-0.3, -0.25) is 4.79 Å². The Hall–Kier alpha value is -2.56. The van der Waals surface area contributed by atoms with Crippen LogP contribution in [-0.2, 0) is 4.79 Å². The lowest BCUT2D eigenvalue weighted by molar-refractivity contribution is -0.138. The molecule has 23 heavy (non-hydrogen) atoms. The van der Waals surface area contributed by atoms with Gasteiger partial charge in [0, 0.05) is 32.4 Å². The van der Waals surface area contributed by atoms with Crippen LogP contribution in [0.3, 0.4) is 0 Å².